The van der Waals surface area contributed by atoms with Crippen molar-refractivity contribution in [3.05, 3.63) is 23.8 Å². The van der Waals surface area contributed by atoms with Gasteiger partial charge in [-0.05, 0) is 30.7 Å². The summed E-state index contributed by atoms with van der Waals surface area (Å²) in [6.07, 6.45) is -4.93. The van der Waals surface area contributed by atoms with E-state index in [1.54, 1.807) is 12.2 Å². The van der Waals surface area contributed by atoms with Gasteiger partial charge in [0.1, 0.15) is 0 Å². The van der Waals surface area contributed by atoms with Crippen molar-refractivity contribution in [1.29, 1.82) is 0 Å². The molecule has 2 N–H and O–H groups in total. The molecule has 0 aliphatic heterocycles. The average molecular weight is 260 g/mol. The Balaban J connectivity index is 2.85. The van der Waals surface area contributed by atoms with Gasteiger partial charge >= 0.3 is 12.1 Å². The van der Waals surface area contributed by atoms with Gasteiger partial charge in [0.05, 0.1) is 0 Å². The highest BCUT2D eigenvalue weighted by atomic mass is 19.4. The molecule has 0 heterocycles. The Morgan fingerprint density at radius 3 is 2.22 bits per heavy atom. The number of carbonyl (C=O) groups is 2. The molecule has 0 radical (unpaired) electrons. The van der Waals surface area contributed by atoms with Crippen LogP contribution in [0.25, 0.3) is 0 Å². The summed E-state index contributed by atoms with van der Waals surface area (Å²) in [5.41, 5.74) is 1.04. The van der Waals surface area contributed by atoms with E-state index < -0.39 is 12.1 Å². The van der Waals surface area contributed by atoms with E-state index in [1.807, 2.05) is 0 Å². The molecule has 0 aliphatic carbocycles. The highest BCUT2D eigenvalue weighted by Crippen LogP contribution is 2.22. The molecule has 0 aliphatic rings. The van der Waals surface area contributed by atoms with Gasteiger partial charge in [0, 0.05) is 18.3 Å². The maximum atomic E-state index is 12.0. The molecule has 18 heavy (non-hydrogen) atoms. The van der Waals surface area contributed by atoms with Gasteiger partial charge in [-0.15, -0.1) is 0 Å². The highest BCUT2D eigenvalue weighted by Gasteiger charge is 2.38. The summed E-state index contributed by atoms with van der Waals surface area (Å²) in [5.74, 6) is -2.32. The number of hydrogen-bond acceptors (Lipinski definition) is 2. The minimum atomic E-state index is -4.93. The number of aryl methyl sites for hydroxylation is 1. The van der Waals surface area contributed by atoms with Gasteiger partial charge in [-0.2, -0.15) is 13.2 Å². The fourth-order valence-corrected chi connectivity index (χ4v) is 1.27. The number of amides is 2. The molecule has 0 unspecified atom stereocenters. The number of alkyl halides is 3. The molecule has 0 atom stereocenters. The van der Waals surface area contributed by atoms with Crippen LogP contribution in [0.5, 0.6) is 0 Å². The summed E-state index contributed by atoms with van der Waals surface area (Å²) in [4.78, 5) is 21.5. The number of carbonyl (C=O) groups excluding carboxylic acids is 2. The smallest absolute Gasteiger partial charge is 0.326 e. The van der Waals surface area contributed by atoms with E-state index in [2.05, 4.69) is 5.32 Å². The van der Waals surface area contributed by atoms with Crippen molar-refractivity contribution < 1.29 is 22.8 Å². The minimum absolute atomic E-state index is 0.0175. The molecule has 98 valence electrons. The van der Waals surface area contributed by atoms with Gasteiger partial charge in [0.2, 0.25) is 5.91 Å². The first-order valence-electron chi connectivity index (χ1n) is 4.96. The highest BCUT2D eigenvalue weighted by molar-refractivity contribution is 5.95. The van der Waals surface area contributed by atoms with Crippen LogP contribution < -0.4 is 10.6 Å². The molecule has 0 spiro atoms. The second-order valence-corrected chi connectivity index (χ2v) is 3.66. The molecule has 0 fully saturated rings. The zero-order chi connectivity index (χ0) is 13.9. The maximum absolute atomic E-state index is 12.0. The SMILES string of the molecule is CC(=O)Nc1ccc(NC(=O)C(F)(F)F)cc1C. The normalized spacial score (nSPS) is 10.9. The summed E-state index contributed by atoms with van der Waals surface area (Å²) >= 11 is 0. The van der Waals surface area contributed by atoms with E-state index in [-0.39, 0.29) is 11.6 Å². The Bertz CT molecular complexity index is 484. The van der Waals surface area contributed by atoms with Crippen molar-refractivity contribution in [3.63, 3.8) is 0 Å². The second kappa shape index (κ2) is 5.07. The fourth-order valence-electron chi connectivity index (χ4n) is 1.27. The first-order chi connectivity index (χ1) is 8.20. The molecular formula is C11H11F3N2O2. The number of nitrogens with one attached hydrogen (secondary N) is 2. The molecule has 1 aromatic rings. The lowest BCUT2D eigenvalue weighted by Crippen LogP contribution is -2.29. The molecule has 7 heteroatoms. The average Bonchev–Trinajstić information content (AvgIpc) is 2.20. The Kier molecular flexibility index (Phi) is 3.95. The molecule has 0 aromatic heterocycles. The Morgan fingerprint density at radius 1 is 1.17 bits per heavy atom. The quantitative estimate of drug-likeness (QED) is 0.858. The zero-order valence-electron chi connectivity index (χ0n) is 9.68. The van der Waals surface area contributed by atoms with Crippen LogP contribution in [0, 0.1) is 6.92 Å². The third-order valence-corrected chi connectivity index (χ3v) is 2.05. The molecular weight excluding hydrogens is 249 g/mol. The first-order valence-corrected chi connectivity index (χ1v) is 4.96. The lowest BCUT2D eigenvalue weighted by molar-refractivity contribution is -0.167. The monoisotopic (exact) mass is 260 g/mol. The van der Waals surface area contributed by atoms with Gasteiger partial charge < -0.3 is 10.6 Å². The number of halogens is 3. The summed E-state index contributed by atoms with van der Waals surface area (Å²) in [5, 5.41) is 4.24. The topological polar surface area (TPSA) is 58.2 Å². The summed E-state index contributed by atoms with van der Waals surface area (Å²) < 4.78 is 36.1. The minimum Gasteiger partial charge on any atom is -0.326 e. The molecule has 0 bridgehead atoms. The van der Waals surface area contributed by atoms with Crippen LogP contribution >= 0.6 is 0 Å². The van der Waals surface area contributed by atoms with Crippen LogP contribution in [0.15, 0.2) is 18.2 Å². The summed E-state index contributed by atoms with van der Waals surface area (Å²) in [6.45, 7) is 2.92. The predicted octanol–water partition coefficient (Wildman–Crippen LogP) is 2.45. The zero-order valence-corrected chi connectivity index (χ0v) is 9.68. The van der Waals surface area contributed by atoms with Crippen LogP contribution in [0.1, 0.15) is 12.5 Å². The lowest BCUT2D eigenvalue weighted by Gasteiger charge is -2.11. The van der Waals surface area contributed by atoms with E-state index >= 15 is 0 Å². The number of hydrogen-bond donors (Lipinski definition) is 2. The Labute approximate surface area is 101 Å². The largest absolute Gasteiger partial charge is 0.471 e. The van der Waals surface area contributed by atoms with Crippen molar-refractivity contribution in [1.82, 2.24) is 0 Å². The predicted molar refractivity (Wildman–Crippen MR) is 60.2 cm³/mol. The second-order valence-electron chi connectivity index (χ2n) is 3.66. The third-order valence-electron chi connectivity index (χ3n) is 2.05. The van der Waals surface area contributed by atoms with Crippen LogP contribution in [-0.4, -0.2) is 18.0 Å². The van der Waals surface area contributed by atoms with Crippen molar-refractivity contribution >= 4 is 23.2 Å². The standard InChI is InChI=1S/C11H11F3N2O2/c1-6-5-8(16-10(18)11(12,13)14)3-4-9(6)15-7(2)17/h3-5H,1-2H3,(H,15,17)(H,16,18). The van der Waals surface area contributed by atoms with E-state index in [9.17, 15) is 22.8 Å². The molecule has 1 rings (SSSR count). The van der Waals surface area contributed by atoms with Gasteiger partial charge in [0.25, 0.3) is 0 Å². The number of benzene rings is 1. The van der Waals surface area contributed by atoms with Crippen LogP contribution in [0.3, 0.4) is 0 Å². The number of anilines is 2. The van der Waals surface area contributed by atoms with E-state index in [0.717, 1.165) is 0 Å². The van der Waals surface area contributed by atoms with Gasteiger partial charge in [-0.25, -0.2) is 0 Å². The molecule has 0 saturated carbocycles. The van der Waals surface area contributed by atoms with E-state index in [1.165, 1.54) is 25.1 Å². The van der Waals surface area contributed by atoms with Crippen LogP contribution in [0.2, 0.25) is 0 Å². The van der Waals surface area contributed by atoms with Crippen LogP contribution in [-0.2, 0) is 9.59 Å². The fraction of sp³-hybridized carbons (Fsp3) is 0.273. The molecule has 4 nitrogen and oxygen atoms in total. The lowest BCUT2D eigenvalue weighted by atomic mass is 10.1. The molecule has 1 aromatic carbocycles. The van der Waals surface area contributed by atoms with Gasteiger partial charge in [-0.3, -0.25) is 9.59 Å². The summed E-state index contributed by atoms with van der Waals surface area (Å²) in [6, 6.07) is 4.04. The maximum Gasteiger partial charge on any atom is 0.471 e. The molecule has 0 saturated heterocycles. The number of rotatable bonds is 2. The van der Waals surface area contributed by atoms with Gasteiger partial charge in [-0.1, -0.05) is 0 Å². The third kappa shape index (κ3) is 3.76. The van der Waals surface area contributed by atoms with Gasteiger partial charge in [0.15, 0.2) is 0 Å². The van der Waals surface area contributed by atoms with Crippen molar-refractivity contribution in [2.45, 2.75) is 20.0 Å². The van der Waals surface area contributed by atoms with Crippen molar-refractivity contribution in [3.8, 4) is 0 Å². The van der Waals surface area contributed by atoms with Crippen molar-refractivity contribution in [2.24, 2.45) is 0 Å². The van der Waals surface area contributed by atoms with Crippen LogP contribution in [0.4, 0.5) is 24.5 Å². The van der Waals surface area contributed by atoms with E-state index in [0.29, 0.717) is 11.3 Å². The Morgan fingerprint density at radius 2 is 1.78 bits per heavy atom. The summed E-state index contributed by atoms with van der Waals surface area (Å²) in [7, 11) is 0. The first kappa shape index (κ1) is 14.0. The Hall–Kier alpha value is -2.05. The molecule has 2 amide bonds. The van der Waals surface area contributed by atoms with E-state index in [4.69, 9.17) is 0 Å². The van der Waals surface area contributed by atoms with Crippen molar-refractivity contribution in [2.75, 3.05) is 10.6 Å².